The van der Waals surface area contributed by atoms with Crippen molar-refractivity contribution in [1.82, 2.24) is 9.80 Å². The summed E-state index contributed by atoms with van der Waals surface area (Å²) in [5.74, 6) is -0.798. The minimum atomic E-state index is -0.680. The molecule has 6 nitrogen and oxygen atoms in total. The first-order valence-corrected chi connectivity index (χ1v) is 7.02. The van der Waals surface area contributed by atoms with Crippen LogP contribution in [0, 0.1) is 0 Å². The molecule has 0 saturated heterocycles. The Kier molecular flexibility index (Phi) is 9.16. The molecule has 0 aliphatic rings. The molecule has 0 fully saturated rings. The molecule has 0 aromatic rings. The molecule has 2 atom stereocenters. The first kappa shape index (κ1) is 18.9. The lowest BCUT2D eigenvalue weighted by molar-refractivity contribution is -0.162. The second-order valence-corrected chi connectivity index (χ2v) is 5.15. The van der Waals surface area contributed by atoms with Crippen LogP contribution in [0.25, 0.3) is 0 Å². The van der Waals surface area contributed by atoms with E-state index in [0.29, 0.717) is 13.2 Å². The Hall–Kier alpha value is -1.14. The van der Waals surface area contributed by atoms with Gasteiger partial charge in [-0.05, 0) is 41.0 Å². The van der Waals surface area contributed by atoms with Gasteiger partial charge in [-0.25, -0.2) is 0 Å². The summed E-state index contributed by atoms with van der Waals surface area (Å²) in [6.07, 6.45) is 1.50. The number of rotatable bonds is 9. The summed E-state index contributed by atoms with van der Waals surface area (Å²) in [4.78, 5) is 27.7. The molecule has 0 radical (unpaired) electrons. The number of nitrogens with zero attached hydrogens (tertiary/aromatic N) is 2. The minimum absolute atomic E-state index is 0.354. The average Bonchev–Trinajstić information content (AvgIpc) is 2.38. The smallest absolute Gasteiger partial charge is 0.325 e. The Morgan fingerprint density at radius 1 is 0.800 bits per heavy atom. The van der Waals surface area contributed by atoms with Crippen LogP contribution in [0.1, 0.15) is 26.7 Å². The van der Waals surface area contributed by atoms with Crippen molar-refractivity contribution >= 4 is 11.9 Å². The minimum Gasteiger partial charge on any atom is -0.464 e. The number of esters is 2. The van der Waals surface area contributed by atoms with E-state index in [1.807, 2.05) is 13.8 Å². The van der Waals surface area contributed by atoms with Gasteiger partial charge in [0.05, 0.1) is 13.2 Å². The third-order valence-corrected chi connectivity index (χ3v) is 2.79. The number of carbonyl (C=O) groups excluding carboxylic acids is 2. The van der Waals surface area contributed by atoms with Crippen molar-refractivity contribution in [2.75, 3.05) is 41.4 Å². The molecule has 0 N–H and O–H groups in total. The fraction of sp³-hybridized carbons (Fsp3) is 0.857. The van der Waals surface area contributed by atoms with Crippen LogP contribution >= 0.6 is 0 Å². The molecule has 0 bridgehead atoms. The highest BCUT2D eigenvalue weighted by atomic mass is 16.5. The Morgan fingerprint density at radius 2 is 1.10 bits per heavy atom. The lowest BCUT2D eigenvalue weighted by Crippen LogP contribution is -2.56. The maximum absolute atomic E-state index is 12.2. The van der Waals surface area contributed by atoms with Gasteiger partial charge >= 0.3 is 11.9 Å². The predicted octanol–water partition coefficient (Wildman–Crippen LogP) is 0.753. The van der Waals surface area contributed by atoms with Gasteiger partial charge in [0.25, 0.3) is 0 Å². The lowest BCUT2D eigenvalue weighted by atomic mass is 10.1. The summed E-state index contributed by atoms with van der Waals surface area (Å²) >= 11 is 0. The van der Waals surface area contributed by atoms with Gasteiger partial charge in [0.2, 0.25) is 0 Å². The molecule has 0 saturated carbocycles. The Labute approximate surface area is 122 Å². The van der Waals surface area contributed by atoms with E-state index in [1.54, 1.807) is 38.0 Å². The van der Waals surface area contributed by atoms with Crippen LogP contribution in [-0.2, 0) is 19.1 Å². The zero-order chi connectivity index (χ0) is 15.7. The highest BCUT2D eigenvalue weighted by molar-refractivity contribution is 5.87. The van der Waals surface area contributed by atoms with E-state index in [-0.39, 0.29) is 0 Å². The first-order chi connectivity index (χ1) is 9.36. The second-order valence-electron chi connectivity index (χ2n) is 5.15. The molecule has 2 unspecified atom stereocenters. The topological polar surface area (TPSA) is 59.1 Å². The molecule has 0 amide bonds. The normalized spacial score (nSPS) is 14.2. The third-order valence-electron chi connectivity index (χ3n) is 2.79. The van der Waals surface area contributed by atoms with Crippen molar-refractivity contribution < 1.29 is 19.1 Å². The number of ether oxygens (including phenoxy) is 2. The first-order valence-electron chi connectivity index (χ1n) is 7.02. The van der Waals surface area contributed by atoms with Gasteiger partial charge in [-0.15, -0.1) is 0 Å². The van der Waals surface area contributed by atoms with Gasteiger partial charge in [-0.2, -0.15) is 0 Å². The van der Waals surface area contributed by atoms with Crippen LogP contribution in [0.15, 0.2) is 0 Å². The molecule has 0 aliphatic carbocycles. The molecule has 6 heteroatoms. The maximum atomic E-state index is 12.2. The van der Waals surface area contributed by atoms with Crippen molar-refractivity contribution in [2.24, 2.45) is 0 Å². The number of hydrogen-bond donors (Lipinski definition) is 0. The summed E-state index contributed by atoms with van der Waals surface area (Å²) in [5, 5.41) is 0. The highest BCUT2D eigenvalue weighted by Gasteiger charge is 2.39. The molecule has 0 aromatic heterocycles. The van der Waals surface area contributed by atoms with Gasteiger partial charge in [-0.3, -0.25) is 19.4 Å². The molecular formula is C14H28N2O4. The van der Waals surface area contributed by atoms with Gasteiger partial charge in [0, 0.05) is 0 Å². The summed E-state index contributed by atoms with van der Waals surface area (Å²) < 4.78 is 10.4. The van der Waals surface area contributed by atoms with Crippen molar-refractivity contribution in [3.05, 3.63) is 0 Å². The monoisotopic (exact) mass is 288 g/mol. The van der Waals surface area contributed by atoms with E-state index in [0.717, 1.165) is 12.8 Å². The van der Waals surface area contributed by atoms with Gasteiger partial charge in [-0.1, -0.05) is 13.8 Å². The molecule has 0 rings (SSSR count). The van der Waals surface area contributed by atoms with Crippen molar-refractivity contribution in [3.8, 4) is 0 Å². The number of carbonyl (C=O) groups is 2. The van der Waals surface area contributed by atoms with E-state index in [9.17, 15) is 9.59 Å². The summed E-state index contributed by atoms with van der Waals surface area (Å²) in [5.41, 5.74) is 0. The zero-order valence-electron chi connectivity index (χ0n) is 13.5. The maximum Gasteiger partial charge on any atom is 0.325 e. The van der Waals surface area contributed by atoms with Gasteiger partial charge in [0.15, 0.2) is 0 Å². The third kappa shape index (κ3) is 5.88. The standard InChI is InChI=1S/C14H28N2O4/c1-7-9-19-13(17)11(15(3)4)12(16(5)6)14(18)20-10-8-2/h11-12H,7-10H2,1-6H3. The number of likely N-dealkylation sites (N-methyl/N-ethyl adjacent to an activating group) is 2. The van der Waals surface area contributed by atoms with E-state index >= 15 is 0 Å². The highest BCUT2D eigenvalue weighted by Crippen LogP contribution is 2.11. The van der Waals surface area contributed by atoms with Crippen molar-refractivity contribution in [3.63, 3.8) is 0 Å². The molecular weight excluding hydrogens is 260 g/mol. The second kappa shape index (κ2) is 9.72. The lowest BCUT2D eigenvalue weighted by Gasteiger charge is -2.32. The van der Waals surface area contributed by atoms with Crippen molar-refractivity contribution in [1.29, 1.82) is 0 Å². The Morgan fingerprint density at radius 3 is 1.30 bits per heavy atom. The summed E-state index contributed by atoms with van der Waals surface area (Å²) in [6, 6.07) is -1.36. The average molecular weight is 288 g/mol. The summed E-state index contributed by atoms with van der Waals surface area (Å²) in [7, 11) is 7.01. The SMILES string of the molecule is CCCOC(=O)C(C(C(=O)OCCC)N(C)C)N(C)C. The van der Waals surface area contributed by atoms with E-state index in [2.05, 4.69) is 0 Å². The van der Waals surface area contributed by atoms with Crippen LogP contribution in [0.3, 0.4) is 0 Å². The Balaban J connectivity index is 5.04. The van der Waals surface area contributed by atoms with Crippen LogP contribution in [0.5, 0.6) is 0 Å². The molecule has 0 heterocycles. The van der Waals surface area contributed by atoms with E-state index in [4.69, 9.17) is 9.47 Å². The van der Waals surface area contributed by atoms with Crippen LogP contribution in [0.2, 0.25) is 0 Å². The van der Waals surface area contributed by atoms with E-state index in [1.165, 1.54) is 0 Å². The molecule has 0 spiro atoms. The molecule has 0 aromatic carbocycles. The Bertz CT molecular complexity index is 276. The van der Waals surface area contributed by atoms with E-state index < -0.39 is 24.0 Å². The van der Waals surface area contributed by atoms with Gasteiger partial charge < -0.3 is 9.47 Å². The fourth-order valence-electron chi connectivity index (χ4n) is 1.82. The molecule has 118 valence electrons. The fourth-order valence-corrected chi connectivity index (χ4v) is 1.82. The summed E-state index contributed by atoms with van der Waals surface area (Å²) in [6.45, 7) is 4.56. The van der Waals surface area contributed by atoms with Gasteiger partial charge in [0.1, 0.15) is 12.1 Å². The van der Waals surface area contributed by atoms with Crippen LogP contribution < -0.4 is 0 Å². The van der Waals surface area contributed by atoms with Crippen LogP contribution in [0.4, 0.5) is 0 Å². The molecule has 20 heavy (non-hydrogen) atoms. The zero-order valence-corrected chi connectivity index (χ0v) is 13.5. The van der Waals surface area contributed by atoms with Crippen molar-refractivity contribution in [2.45, 2.75) is 38.8 Å². The largest absolute Gasteiger partial charge is 0.464 e. The number of hydrogen-bond acceptors (Lipinski definition) is 6. The quantitative estimate of drug-likeness (QED) is 0.584. The predicted molar refractivity (Wildman–Crippen MR) is 77.5 cm³/mol. The van der Waals surface area contributed by atoms with Crippen LogP contribution in [-0.4, -0.2) is 75.2 Å². The molecule has 0 aliphatic heterocycles.